The lowest BCUT2D eigenvalue weighted by molar-refractivity contribution is 0.420. The molecule has 2 aromatic rings. The van der Waals surface area contributed by atoms with Gasteiger partial charge in [0.15, 0.2) is 5.82 Å². The van der Waals surface area contributed by atoms with Gasteiger partial charge in [-0.15, -0.1) is 0 Å². The van der Waals surface area contributed by atoms with E-state index in [-0.39, 0.29) is 0 Å². The van der Waals surface area contributed by atoms with Gasteiger partial charge in [-0.05, 0) is 32.9 Å². The predicted molar refractivity (Wildman–Crippen MR) is 58.8 cm³/mol. The molecular formula is C11H15N3O2. The van der Waals surface area contributed by atoms with Crippen molar-refractivity contribution >= 4 is 0 Å². The highest BCUT2D eigenvalue weighted by molar-refractivity contribution is 5.55. The van der Waals surface area contributed by atoms with E-state index < -0.39 is 0 Å². The molecule has 0 spiro atoms. The van der Waals surface area contributed by atoms with Gasteiger partial charge in [0, 0.05) is 6.42 Å². The molecule has 0 fully saturated rings. The Kier molecular flexibility index (Phi) is 3.05. The first kappa shape index (κ1) is 10.9. The summed E-state index contributed by atoms with van der Waals surface area (Å²) in [7, 11) is 0. The van der Waals surface area contributed by atoms with Crippen LogP contribution in [0.5, 0.6) is 0 Å². The average Bonchev–Trinajstić information content (AvgIpc) is 2.82. The van der Waals surface area contributed by atoms with Gasteiger partial charge in [-0.25, -0.2) is 0 Å². The number of aryl methyl sites for hydroxylation is 3. The molecule has 5 nitrogen and oxygen atoms in total. The fourth-order valence-corrected chi connectivity index (χ4v) is 1.57. The van der Waals surface area contributed by atoms with Gasteiger partial charge in [-0.3, -0.25) is 0 Å². The van der Waals surface area contributed by atoms with Crippen molar-refractivity contribution in [2.45, 2.75) is 26.7 Å². The third kappa shape index (κ3) is 2.14. The SMILES string of the molecule is Cc1cc(-c2nc(CCCN)no2)c(C)o1. The maximum Gasteiger partial charge on any atom is 0.261 e. The number of hydrogen-bond acceptors (Lipinski definition) is 5. The molecule has 0 radical (unpaired) electrons. The van der Waals surface area contributed by atoms with E-state index in [0.29, 0.717) is 18.3 Å². The summed E-state index contributed by atoms with van der Waals surface area (Å²) in [5.74, 6) is 2.85. The van der Waals surface area contributed by atoms with Crippen LogP contribution in [0.25, 0.3) is 11.5 Å². The molecule has 86 valence electrons. The molecule has 0 aliphatic carbocycles. The molecule has 0 saturated heterocycles. The first-order valence-corrected chi connectivity index (χ1v) is 5.30. The largest absolute Gasteiger partial charge is 0.466 e. The number of rotatable bonds is 4. The molecule has 0 aliphatic heterocycles. The zero-order valence-corrected chi connectivity index (χ0v) is 9.49. The van der Waals surface area contributed by atoms with E-state index in [4.69, 9.17) is 14.7 Å². The van der Waals surface area contributed by atoms with Crippen LogP contribution in [0.4, 0.5) is 0 Å². The van der Waals surface area contributed by atoms with Crippen molar-refractivity contribution in [3.8, 4) is 11.5 Å². The number of furan rings is 1. The summed E-state index contributed by atoms with van der Waals surface area (Å²) in [5, 5.41) is 3.90. The van der Waals surface area contributed by atoms with E-state index >= 15 is 0 Å². The van der Waals surface area contributed by atoms with E-state index in [9.17, 15) is 0 Å². The Morgan fingerprint density at radius 1 is 1.38 bits per heavy atom. The molecular weight excluding hydrogens is 206 g/mol. The highest BCUT2D eigenvalue weighted by Gasteiger charge is 2.14. The van der Waals surface area contributed by atoms with Crippen LogP contribution in [-0.2, 0) is 6.42 Å². The van der Waals surface area contributed by atoms with E-state index in [1.165, 1.54) is 0 Å². The quantitative estimate of drug-likeness (QED) is 0.852. The molecule has 0 amide bonds. The third-order valence-corrected chi connectivity index (χ3v) is 2.34. The van der Waals surface area contributed by atoms with Gasteiger partial charge in [0.05, 0.1) is 5.56 Å². The zero-order chi connectivity index (χ0) is 11.5. The third-order valence-electron chi connectivity index (χ3n) is 2.34. The Labute approximate surface area is 93.6 Å². The second kappa shape index (κ2) is 4.49. The summed E-state index contributed by atoms with van der Waals surface area (Å²) in [6, 6.07) is 1.90. The summed E-state index contributed by atoms with van der Waals surface area (Å²) < 4.78 is 10.6. The topological polar surface area (TPSA) is 78.1 Å². The summed E-state index contributed by atoms with van der Waals surface area (Å²) in [4.78, 5) is 4.30. The monoisotopic (exact) mass is 221 g/mol. The van der Waals surface area contributed by atoms with Gasteiger partial charge in [0.25, 0.3) is 5.89 Å². The molecule has 2 N–H and O–H groups in total. The minimum atomic E-state index is 0.515. The first-order chi connectivity index (χ1) is 7.70. The molecule has 0 saturated carbocycles. The van der Waals surface area contributed by atoms with Crippen molar-refractivity contribution < 1.29 is 8.94 Å². The average molecular weight is 221 g/mol. The molecule has 2 rings (SSSR count). The molecule has 5 heteroatoms. The van der Waals surface area contributed by atoms with Crippen LogP contribution in [-0.4, -0.2) is 16.7 Å². The molecule has 0 aliphatic rings. The Balaban J connectivity index is 2.21. The molecule has 2 aromatic heterocycles. The molecule has 2 heterocycles. The number of aromatic nitrogens is 2. The molecule has 16 heavy (non-hydrogen) atoms. The Morgan fingerprint density at radius 3 is 2.81 bits per heavy atom. The van der Waals surface area contributed by atoms with E-state index in [1.54, 1.807) is 0 Å². The minimum Gasteiger partial charge on any atom is -0.466 e. The van der Waals surface area contributed by atoms with Crippen LogP contribution >= 0.6 is 0 Å². The Hall–Kier alpha value is -1.62. The second-order valence-corrected chi connectivity index (χ2v) is 3.73. The van der Waals surface area contributed by atoms with Gasteiger partial charge in [-0.1, -0.05) is 5.16 Å². The number of nitrogens with two attached hydrogens (primary N) is 1. The highest BCUT2D eigenvalue weighted by atomic mass is 16.5. The van der Waals surface area contributed by atoms with Crippen molar-refractivity contribution in [1.29, 1.82) is 0 Å². The Bertz CT molecular complexity index is 473. The van der Waals surface area contributed by atoms with Crippen LogP contribution < -0.4 is 5.73 Å². The van der Waals surface area contributed by atoms with Crippen molar-refractivity contribution in [1.82, 2.24) is 10.1 Å². The van der Waals surface area contributed by atoms with E-state index in [2.05, 4.69) is 10.1 Å². The normalized spacial score (nSPS) is 10.9. The summed E-state index contributed by atoms with van der Waals surface area (Å²) >= 11 is 0. The van der Waals surface area contributed by atoms with Crippen LogP contribution in [0.3, 0.4) is 0 Å². The van der Waals surface area contributed by atoms with Gasteiger partial charge in [0.1, 0.15) is 11.5 Å². The summed E-state index contributed by atoms with van der Waals surface area (Å²) in [6.45, 7) is 4.40. The number of hydrogen-bond donors (Lipinski definition) is 1. The lowest BCUT2D eigenvalue weighted by atomic mass is 10.2. The van der Waals surface area contributed by atoms with Crippen LogP contribution in [0.2, 0.25) is 0 Å². The van der Waals surface area contributed by atoms with Gasteiger partial charge in [-0.2, -0.15) is 4.98 Å². The van der Waals surface area contributed by atoms with Crippen molar-refractivity contribution in [3.05, 3.63) is 23.4 Å². The fourth-order valence-electron chi connectivity index (χ4n) is 1.57. The van der Waals surface area contributed by atoms with Crippen LogP contribution in [0.15, 0.2) is 15.0 Å². The van der Waals surface area contributed by atoms with Crippen molar-refractivity contribution in [2.75, 3.05) is 6.54 Å². The molecule has 0 unspecified atom stereocenters. The number of nitrogens with zero attached hydrogens (tertiary/aromatic N) is 2. The van der Waals surface area contributed by atoms with Gasteiger partial charge in [0.2, 0.25) is 0 Å². The van der Waals surface area contributed by atoms with E-state index in [1.807, 2.05) is 19.9 Å². The second-order valence-electron chi connectivity index (χ2n) is 3.73. The molecule has 0 atom stereocenters. The lowest BCUT2D eigenvalue weighted by Gasteiger charge is -1.89. The zero-order valence-electron chi connectivity index (χ0n) is 9.49. The fraction of sp³-hybridized carbons (Fsp3) is 0.455. The molecule has 0 aromatic carbocycles. The molecule has 0 bridgehead atoms. The van der Waals surface area contributed by atoms with Crippen molar-refractivity contribution in [2.24, 2.45) is 5.73 Å². The standard InChI is InChI=1S/C11H15N3O2/c1-7-6-9(8(2)15-7)11-13-10(14-16-11)4-3-5-12/h6H,3-5,12H2,1-2H3. The summed E-state index contributed by atoms with van der Waals surface area (Å²) in [6.07, 6.45) is 1.61. The van der Waals surface area contributed by atoms with Crippen LogP contribution in [0.1, 0.15) is 23.8 Å². The lowest BCUT2D eigenvalue weighted by Crippen LogP contribution is -2.01. The summed E-state index contributed by atoms with van der Waals surface area (Å²) in [5.41, 5.74) is 6.29. The maximum atomic E-state index is 5.42. The van der Waals surface area contributed by atoms with Crippen molar-refractivity contribution in [3.63, 3.8) is 0 Å². The van der Waals surface area contributed by atoms with E-state index in [0.717, 1.165) is 29.9 Å². The van der Waals surface area contributed by atoms with Crippen LogP contribution in [0, 0.1) is 13.8 Å². The smallest absolute Gasteiger partial charge is 0.261 e. The first-order valence-electron chi connectivity index (χ1n) is 5.30. The van der Waals surface area contributed by atoms with Gasteiger partial charge < -0.3 is 14.7 Å². The Morgan fingerprint density at radius 2 is 2.19 bits per heavy atom. The highest BCUT2D eigenvalue weighted by Crippen LogP contribution is 2.24. The van der Waals surface area contributed by atoms with Gasteiger partial charge >= 0.3 is 0 Å². The predicted octanol–water partition coefficient (Wildman–Crippen LogP) is 1.84. The minimum absolute atomic E-state index is 0.515. The maximum absolute atomic E-state index is 5.42.